The first-order valence-electron chi connectivity index (χ1n) is 10.8. The Bertz CT molecular complexity index is 792. The minimum atomic E-state index is 0. The van der Waals surface area contributed by atoms with Gasteiger partial charge >= 0.3 is 0 Å². The molecule has 0 atom stereocenters. The second-order valence-electron chi connectivity index (χ2n) is 7.74. The van der Waals surface area contributed by atoms with E-state index >= 15 is 0 Å². The van der Waals surface area contributed by atoms with Crippen LogP contribution in [0.5, 0.6) is 5.75 Å². The zero-order valence-corrected chi connectivity index (χ0v) is 21.8. The zero-order chi connectivity index (χ0) is 21.8. The maximum atomic E-state index is 5.98. The molecule has 0 unspecified atom stereocenters. The number of hydrogen-bond acceptors (Lipinski definition) is 4. The number of methoxy groups -OCH3 is 1. The van der Waals surface area contributed by atoms with Crippen molar-refractivity contribution in [2.24, 2.45) is 10.9 Å². The largest absolute Gasteiger partial charge is 0.493 e. The molecule has 7 nitrogen and oxygen atoms in total. The molecular formula is C23H38IN5O2. The Labute approximate surface area is 204 Å². The van der Waals surface area contributed by atoms with Gasteiger partial charge in [-0.2, -0.15) is 0 Å². The van der Waals surface area contributed by atoms with E-state index in [1.807, 2.05) is 12.4 Å². The van der Waals surface area contributed by atoms with Gasteiger partial charge in [0.15, 0.2) is 5.96 Å². The molecule has 1 aromatic carbocycles. The highest BCUT2D eigenvalue weighted by atomic mass is 127. The van der Waals surface area contributed by atoms with Gasteiger partial charge in [-0.05, 0) is 31.4 Å². The summed E-state index contributed by atoms with van der Waals surface area (Å²) in [5, 5.41) is 6.71. The summed E-state index contributed by atoms with van der Waals surface area (Å²) >= 11 is 0. The van der Waals surface area contributed by atoms with Gasteiger partial charge in [-0.15, -0.1) is 24.0 Å². The summed E-state index contributed by atoms with van der Waals surface area (Å²) in [6, 6.07) is 6.25. The third kappa shape index (κ3) is 9.90. The first-order chi connectivity index (χ1) is 14.5. The molecule has 0 saturated heterocycles. The predicted molar refractivity (Wildman–Crippen MR) is 137 cm³/mol. The lowest BCUT2D eigenvalue weighted by Gasteiger charge is -2.15. The Morgan fingerprint density at radius 2 is 2.03 bits per heavy atom. The van der Waals surface area contributed by atoms with Crippen LogP contribution in [-0.4, -0.2) is 42.4 Å². The molecule has 2 N–H and O–H groups in total. The molecule has 31 heavy (non-hydrogen) atoms. The van der Waals surface area contributed by atoms with Gasteiger partial charge in [0.25, 0.3) is 0 Å². The van der Waals surface area contributed by atoms with E-state index in [1.54, 1.807) is 7.11 Å². The molecule has 0 aliphatic heterocycles. The van der Waals surface area contributed by atoms with E-state index in [-0.39, 0.29) is 24.0 Å². The van der Waals surface area contributed by atoms with Crippen LogP contribution in [0.2, 0.25) is 0 Å². The van der Waals surface area contributed by atoms with E-state index in [2.05, 4.69) is 66.1 Å². The van der Waals surface area contributed by atoms with Crippen molar-refractivity contribution in [3.63, 3.8) is 0 Å². The summed E-state index contributed by atoms with van der Waals surface area (Å²) in [4.78, 5) is 9.24. The summed E-state index contributed by atoms with van der Waals surface area (Å²) in [5.41, 5.74) is 2.24. The number of rotatable bonds is 12. The lowest BCUT2D eigenvalue weighted by Crippen LogP contribution is -2.37. The predicted octanol–water partition coefficient (Wildman–Crippen LogP) is 4.14. The Morgan fingerprint density at radius 1 is 1.23 bits per heavy atom. The van der Waals surface area contributed by atoms with Crippen LogP contribution in [0.1, 0.15) is 44.1 Å². The third-order valence-electron chi connectivity index (χ3n) is 4.50. The molecule has 174 valence electrons. The van der Waals surface area contributed by atoms with Crippen molar-refractivity contribution in [2.75, 3.05) is 26.9 Å². The number of aryl methyl sites for hydroxylation is 1. The van der Waals surface area contributed by atoms with Crippen LogP contribution in [-0.2, 0) is 24.4 Å². The van der Waals surface area contributed by atoms with Gasteiger partial charge in [0.2, 0.25) is 0 Å². The normalized spacial score (nSPS) is 11.4. The Hall–Kier alpha value is -1.81. The van der Waals surface area contributed by atoms with Crippen molar-refractivity contribution >= 4 is 29.9 Å². The summed E-state index contributed by atoms with van der Waals surface area (Å²) in [6.45, 7) is 12.8. The van der Waals surface area contributed by atoms with Gasteiger partial charge in [0.05, 0.1) is 19.7 Å². The van der Waals surface area contributed by atoms with Gasteiger partial charge in [-0.25, -0.2) is 9.98 Å². The number of nitrogens with one attached hydrogen (secondary N) is 2. The monoisotopic (exact) mass is 543 g/mol. The number of imidazole rings is 1. The second-order valence-corrected chi connectivity index (χ2v) is 7.74. The summed E-state index contributed by atoms with van der Waals surface area (Å²) in [6.07, 6.45) is 4.74. The maximum Gasteiger partial charge on any atom is 0.191 e. The Morgan fingerprint density at radius 3 is 2.74 bits per heavy atom. The van der Waals surface area contributed by atoms with Crippen molar-refractivity contribution in [3.05, 3.63) is 47.5 Å². The topological polar surface area (TPSA) is 72.7 Å². The minimum Gasteiger partial charge on any atom is -0.493 e. The van der Waals surface area contributed by atoms with Gasteiger partial charge < -0.3 is 24.7 Å². The molecule has 1 aromatic heterocycles. The highest BCUT2D eigenvalue weighted by Gasteiger charge is 2.08. The van der Waals surface area contributed by atoms with Gasteiger partial charge in [0, 0.05) is 51.2 Å². The molecule has 2 aromatic rings. The molecule has 0 amide bonds. The molecule has 0 radical (unpaired) electrons. The molecule has 0 spiro atoms. The van der Waals surface area contributed by atoms with Crippen molar-refractivity contribution in [1.29, 1.82) is 0 Å². The average molecular weight is 543 g/mol. The lowest BCUT2D eigenvalue weighted by molar-refractivity contribution is 0.172. The minimum absolute atomic E-state index is 0. The third-order valence-corrected chi connectivity index (χ3v) is 4.50. The van der Waals surface area contributed by atoms with Crippen LogP contribution in [0.25, 0.3) is 0 Å². The van der Waals surface area contributed by atoms with Crippen LogP contribution in [0.4, 0.5) is 0 Å². The molecule has 1 heterocycles. The van der Waals surface area contributed by atoms with Crippen molar-refractivity contribution in [1.82, 2.24) is 20.2 Å². The number of benzene rings is 1. The fraction of sp³-hybridized carbons (Fsp3) is 0.565. The first-order valence-corrected chi connectivity index (χ1v) is 10.8. The molecule has 0 fully saturated rings. The van der Waals surface area contributed by atoms with Crippen LogP contribution in [0, 0.1) is 12.8 Å². The molecule has 0 aliphatic rings. The molecule has 0 bridgehead atoms. The lowest BCUT2D eigenvalue weighted by atomic mass is 10.1. The summed E-state index contributed by atoms with van der Waals surface area (Å²) in [5.74, 6) is 3.23. The highest BCUT2D eigenvalue weighted by molar-refractivity contribution is 14.0. The quantitative estimate of drug-likeness (QED) is 0.182. The summed E-state index contributed by atoms with van der Waals surface area (Å²) < 4.78 is 13.3. The standard InChI is InChI=1S/C23H37N5O2.HI/c1-6-24-23(27-16-22-25-10-11-28(22)17-18(2)3)26-15-20-9-8-19(4)14-21(20)30-13-7-12-29-5;/h8-11,14,18H,6-7,12-13,15-17H2,1-5H3,(H2,24,26,27);1H. The molecule has 8 heteroatoms. The van der Waals surface area contributed by atoms with E-state index < -0.39 is 0 Å². The van der Waals surface area contributed by atoms with Gasteiger partial charge in [0.1, 0.15) is 11.6 Å². The number of hydrogen-bond donors (Lipinski definition) is 2. The average Bonchev–Trinajstić information content (AvgIpc) is 3.14. The maximum absolute atomic E-state index is 5.98. The Balaban J connectivity index is 0.00000480. The number of aliphatic imine (C=N–C) groups is 1. The number of nitrogens with zero attached hydrogens (tertiary/aromatic N) is 3. The second kappa shape index (κ2) is 15.1. The van der Waals surface area contributed by atoms with Gasteiger partial charge in [-0.3, -0.25) is 0 Å². The van der Waals surface area contributed by atoms with Crippen molar-refractivity contribution < 1.29 is 9.47 Å². The SMILES string of the molecule is CCNC(=NCc1ccc(C)cc1OCCCOC)NCc1nccn1CC(C)C.I. The van der Waals surface area contributed by atoms with Crippen LogP contribution >= 0.6 is 24.0 Å². The number of aromatic nitrogens is 2. The number of halogens is 1. The molecule has 0 saturated carbocycles. The Kier molecular flexibility index (Phi) is 13.2. The molecule has 2 rings (SSSR count). The number of ether oxygens (including phenoxy) is 2. The van der Waals surface area contributed by atoms with E-state index in [4.69, 9.17) is 14.5 Å². The van der Waals surface area contributed by atoms with E-state index in [0.717, 1.165) is 42.6 Å². The molecular weight excluding hydrogens is 505 g/mol. The van der Waals surface area contributed by atoms with E-state index in [0.29, 0.717) is 32.2 Å². The van der Waals surface area contributed by atoms with Crippen LogP contribution < -0.4 is 15.4 Å². The van der Waals surface area contributed by atoms with E-state index in [1.165, 1.54) is 5.56 Å². The van der Waals surface area contributed by atoms with Crippen molar-refractivity contribution in [3.8, 4) is 5.75 Å². The highest BCUT2D eigenvalue weighted by Crippen LogP contribution is 2.21. The smallest absolute Gasteiger partial charge is 0.191 e. The van der Waals surface area contributed by atoms with Crippen LogP contribution in [0.15, 0.2) is 35.6 Å². The first kappa shape index (κ1) is 27.2. The van der Waals surface area contributed by atoms with E-state index in [9.17, 15) is 0 Å². The van der Waals surface area contributed by atoms with Gasteiger partial charge in [-0.1, -0.05) is 26.0 Å². The number of guanidine groups is 1. The fourth-order valence-electron chi connectivity index (χ4n) is 3.05. The van der Waals surface area contributed by atoms with Crippen molar-refractivity contribution in [2.45, 2.75) is 53.8 Å². The summed E-state index contributed by atoms with van der Waals surface area (Å²) in [7, 11) is 1.71. The zero-order valence-electron chi connectivity index (χ0n) is 19.5. The fourth-order valence-corrected chi connectivity index (χ4v) is 3.05. The van der Waals surface area contributed by atoms with Crippen LogP contribution in [0.3, 0.4) is 0 Å². The molecule has 0 aliphatic carbocycles.